The maximum absolute atomic E-state index is 12.6. The lowest BCUT2D eigenvalue weighted by Crippen LogP contribution is -2.34. The highest BCUT2D eigenvalue weighted by atomic mass is 35.5. The molecule has 2 N–H and O–H groups in total. The third-order valence-electron chi connectivity index (χ3n) is 3.83. The minimum atomic E-state index is -0.643. The highest BCUT2D eigenvalue weighted by molar-refractivity contribution is 7.98. The lowest BCUT2D eigenvalue weighted by molar-refractivity contribution is 0.0965. The average Bonchev–Trinajstić information content (AvgIpc) is 2.70. The number of carbonyl (C=O) groups is 2. The van der Waals surface area contributed by atoms with Crippen LogP contribution >= 0.6 is 35.0 Å². The van der Waals surface area contributed by atoms with Crippen LogP contribution in [-0.2, 0) is 0 Å². The van der Waals surface area contributed by atoms with Gasteiger partial charge in [-0.2, -0.15) is 0 Å². The van der Waals surface area contributed by atoms with Crippen LogP contribution in [0, 0.1) is 0 Å². The summed E-state index contributed by atoms with van der Waals surface area (Å²) in [6, 6.07) is 18.0. The monoisotopic (exact) mass is 446 g/mol. The lowest BCUT2D eigenvalue weighted by Gasteiger charge is -2.13. The van der Waals surface area contributed by atoms with Crippen LogP contribution in [0.15, 0.2) is 71.6 Å². The van der Waals surface area contributed by atoms with Gasteiger partial charge in [0.25, 0.3) is 5.91 Å². The van der Waals surface area contributed by atoms with Crippen LogP contribution in [0.1, 0.15) is 10.4 Å². The number of carbonyl (C=O) groups excluding carboxylic acids is 2. The van der Waals surface area contributed by atoms with Gasteiger partial charge in [0.05, 0.1) is 16.3 Å². The van der Waals surface area contributed by atoms with Gasteiger partial charge >= 0.3 is 6.03 Å². The van der Waals surface area contributed by atoms with Gasteiger partial charge in [-0.3, -0.25) is 10.1 Å². The van der Waals surface area contributed by atoms with E-state index in [2.05, 4.69) is 10.6 Å². The van der Waals surface area contributed by atoms with Crippen LogP contribution in [-0.4, -0.2) is 18.2 Å². The summed E-state index contributed by atoms with van der Waals surface area (Å²) >= 11 is 13.5. The number of urea groups is 1. The molecule has 0 atom stereocenters. The number of halogens is 2. The van der Waals surface area contributed by atoms with Crippen LogP contribution in [0.3, 0.4) is 0 Å². The number of thioether (sulfide) groups is 1. The van der Waals surface area contributed by atoms with E-state index in [1.165, 1.54) is 17.8 Å². The molecule has 0 radical (unpaired) electrons. The topological polar surface area (TPSA) is 67.4 Å². The fraction of sp³-hybridized carbons (Fsp3) is 0.0476. The van der Waals surface area contributed by atoms with Gasteiger partial charge in [-0.1, -0.05) is 47.5 Å². The van der Waals surface area contributed by atoms with Gasteiger partial charge in [-0.15, -0.1) is 11.8 Å². The zero-order chi connectivity index (χ0) is 20.8. The predicted molar refractivity (Wildman–Crippen MR) is 118 cm³/mol. The van der Waals surface area contributed by atoms with Crippen molar-refractivity contribution in [1.82, 2.24) is 5.32 Å². The Balaban J connectivity index is 1.75. The number of hydrogen-bond acceptors (Lipinski definition) is 4. The summed E-state index contributed by atoms with van der Waals surface area (Å²) in [5, 5.41) is 5.76. The molecule has 29 heavy (non-hydrogen) atoms. The lowest BCUT2D eigenvalue weighted by atomic mass is 10.2. The Morgan fingerprint density at radius 2 is 1.66 bits per heavy atom. The molecule has 0 fully saturated rings. The molecular weight excluding hydrogens is 431 g/mol. The summed E-state index contributed by atoms with van der Waals surface area (Å²) in [5.41, 5.74) is 0.801. The quantitative estimate of drug-likeness (QED) is 0.440. The van der Waals surface area contributed by atoms with Crippen molar-refractivity contribution in [2.75, 3.05) is 11.6 Å². The Kier molecular flexibility index (Phi) is 7.04. The third-order valence-corrected chi connectivity index (χ3v) is 5.15. The maximum atomic E-state index is 12.6. The molecule has 3 aromatic rings. The van der Waals surface area contributed by atoms with E-state index in [9.17, 15) is 9.59 Å². The van der Waals surface area contributed by atoms with Gasteiger partial charge in [-0.25, -0.2) is 4.79 Å². The Morgan fingerprint density at radius 1 is 0.931 bits per heavy atom. The van der Waals surface area contributed by atoms with Crippen molar-refractivity contribution in [2.45, 2.75) is 4.90 Å². The molecular formula is C21H16Cl2N2O3S. The SMILES string of the molecule is CSc1ccccc1NC(=O)NC(=O)c1ccccc1Oc1ccc(Cl)cc1Cl. The largest absolute Gasteiger partial charge is 0.455 e. The molecule has 0 saturated heterocycles. The molecule has 5 nitrogen and oxygen atoms in total. The molecule has 3 aromatic carbocycles. The zero-order valence-electron chi connectivity index (χ0n) is 15.2. The van der Waals surface area contributed by atoms with Crippen LogP contribution < -0.4 is 15.4 Å². The van der Waals surface area contributed by atoms with E-state index in [-0.39, 0.29) is 11.3 Å². The second-order valence-electron chi connectivity index (χ2n) is 5.78. The second kappa shape index (κ2) is 9.69. The van der Waals surface area contributed by atoms with E-state index in [1.54, 1.807) is 48.5 Å². The van der Waals surface area contributed by atoms with Crippen molar-refractivity contribution in [2.24, 2.45) is 0 Å². The van der Waals surface area contributed by atoms with Crippen LogP contribution in [0.2, 0.25) is 10.0 Å². The average molecular weight is 447 g/mol. The molecule has 0 heterocycles. The van der Waals surface area contributed by atoms with Crippen molar-refractivity contribution in [3.05, 3.63) is 82.3 Å². The molecule has 0 aromatic heterocycles. The first-order valence-electron chi connectivity index (χ1n) is 8.45. The first-order valence-corrected chi connectivity index (χ1v) is 10.4. The molecule has 0 spiro atoms. The molecule has 3 amide bonds. The highest BCUT2D eigenvalue weighted by Gasteiger charge is 2.17. The number of imide groups is 1. The van der Waals surface area contributed by atoms with Crippen molar-refractivity contribution in [1.29, 1.82) is 0 Å². The molecule has 8 heteroatoms. The number of rotatable bonds is 5. The van der Waals surface area contributed by atoms with Gasteiger partial charge in [0.15, 0.2) is 0 Å². The summed E-state index contributed by atoms with van der Waals surface area (Å²) in [7, 11) is 0. The van der Waals surface area contributed by atoms with Crippen LogP contribution in [0.4, 0.5) is 10.5 Å². The predicted octanol–water partition coefficient (Wildman–Crippen LogP) is 6.47. The Bertz CT molecular complexity index is 1060. The smallest absolute Gasteiger partial charge is 0.326 e. The minimum absolute atomic E-state index is 0.187. The van der Waals surface area contributed by atoms with Gasteiger partial charge in [-0.05, 0) is 48.7 Å². The number of benzene rings is 3. The van der Waals surface area contributed by atoms with Gasteiger partial charge in [0.2, 0.25) is 0 Å². The fourth-order valence-corrected chi connectivity index (χ4v) is 3.49. The van der Waals surface area contributed by atoms with Gasteiger partial charge in [0, 0.05) is 9.92 Å². The molecule has 0 aliphatic rings. The molecule has 3 rings (SSSR count). The van der Waals surface area contributed by atoms with Crippen molar-refractivity contribution in [3.63, 3.8) is 0 Å². The van der Waals surface area contributed by atoms with E-state index in [1.807, 2.05) is 18.4 Å². The molecule has 0 unspecified atom stereocenters. The molecule has 0 bridgehead atoms. The normalized spacial score (nSPS) is 10.3. The maximum Gasteiger partial charge on any atom is 0.326 e. The first kappa shape index (κ1) is 21.0. The minimum Gasteiger partial charge on any atom is -0.455 e. The van der Waals surface area contributed by atoms with E-state index >= 15 is 0 Å². The van der Waals surface area contributed by atoms with Crippen molar-refractivity contribution >= 4 is 52.6 Å². The van der Waals surface area contributed by atoms with E-state index in [4.69, 9.17) is 27.9 Å². The third kappa shape index (κ3) is 5.44. The Labute approximate surface area is 182 Å². The summed E-state index contributed by atoms with van der Waals surface area (Å²) < 4.78 is 5.77. The Morgan fingerprint density at radius 3 is 2.41 bits per heavy atom. The second-order valence-corrected chi connectivity index (χ2v) is 7.47. The number of nitrogens with one attached hydrogen (secondary N) is 2. The van der Waals surface area contributed by atoms with Gasteiger partial charge < -0.3 is 10.1 Å². The van der Waals surface area contributed by atoms with Crippen molar-refractivity contribution < 1.29 is 14.3 Å². The molecule has 0 saturated carbocycles. The number of anilines is 1. The molecule has 148 valence electrons. The van der Waals surface area contributed by atoms with Crippen molar-refractivity contribution in [3.8, 4) is 11.5 Å². The summed E-state index contributed by atoms with van der Waals surface area (Å²) in [6.45, 7) is 0. The zero-order valence-corrected chi connectivity index (χ0v) is 17.6. The van der Waals surface area contributed by atoms with E-state index < -0.39 is 11.9 Å². The van der Waals surface area contributed by atoms with E-state index in [0.717, 1.165) is 4.90 Å². The highest BCUT2D eigenvalue weighted by Crippen LogP contribution is 2.33. The standard InChI is InChI=1S/C21H16Cl2N2O3S/c1-29-19-9-5-3-7-16(19)24-21(27)25-20(26)14-6-2-4-8-17(14)28-18-11-10-13(22)12-15(18)23/h2-12H,1H3,(H2,24,25,26,27). The van der Waals surface area contributed by atoms with Crippen LogP contribution in [0.25, 0.3) is 0 Å². The summed E-state index contributed by atoms with van der Waals surface area (Å²) in [5.74, 6) is -0.00831. The molecule has 0 aliphatic heterocycles. The number of para-hydroxylation sites is 2. The molecule has 0 aliphatic carbocycles. The van der Waals surface area contributed by atoms with E-state index in [0.29, 0.717) is 21.5 Å². The number of amides is 3. The van der Waals surface area contributed by atoms with Gasteiger partial charge in [0.1, 0.15) is 11.5 Å². The Hall–Kier alpha value is -2.67. The summed E-state index contributed by atoms with van der Waals surface area (Å²) in [4.78, 5) is 25.8. The number of hydrogen-bond donors (Lipinski definition) is 2. The van der Waals surface area contributed by atoms with Crippen LogP contribution in [0.5, 0.6) is 11.5 Å². The number of ether oxygens (including phenoxy) is 1. The summed E-state index contributed by atoms with van der Waals surface area (Å²) in [6.07, 6.45) is 1.90. The fourth-order valence-electron chi connectivity index (χ4n) is 2.49. The first-order chi connectivity index (χ1) is 14.0.